The second kappa shape index (κ2) is 6.04. The van der Waals surface area contributed by atoms with E-state index in [4.69, 9.17) is 5.73 Å². The van der Waals surface area contributed by atoms with Crippen molar-refractivity contribution in [3.63, 3.8) is 0 Å². The second-order valence-corrected chi connectivity index (χ2v) is 4.03. The third kappa shape index (κ3) is 4.91. The van der Waals surface area contributed by atoms with Gasteiger partial charge in [0.05, 0.1) is 0 Å². The number of nitrogens with two attached hydrogens (primary N) is 1. The molecule has 2 nitrogen and oxygen atoms in total. The third-order valence-electron chi connectivity index (χ3n) is 2.33. The summed E-state index contributed by atoms with van der Waals surface area (Å²) in [5, 5.41) is 0. The minimum atomic E-state index is -4.77. The molecule has 1 aromatic carbocycles. The Morgan fingerprint density at radius 1 is 1.28 bits per heavy atom. The van der Waals surface area contributed by atoms with Crippen molar-refractivity contribution < 1.29 is 22.3 Å². The van der Waals surface area contributed by atoms with Gasteiger partial charge in [-0.05, 0) is 49.6 Å². The maximum absolute atomic E-state index is 13.7. The van der Waals surface area contributed by atoms with E-state index in [2.05, 4.69) is 4.74 Å². The van der Waals surface area contributed by atoms with E-state index in [1.165, 1.54) is 12.1 Å². The average Bonchev–Trinajstić information content (AvgIpc) is 2.22. The van der Waals surface area contributed by atoms with Gasteiger partial charge in [0.15, 0.2) is 0 Å². The van der Waals surface area contributed by atoms with Crippen LogP contribution in [0.15, 0.2) is 18.2 Å². The molecule has 0 heterocycles. The molecule has 0 aliphatic heterocycles. The summed E-state index contributed by atoms with van der Waals surface area (Å²) in [6, 6.07) is 3.79. The number of benzene rings is 1. The monoisotopic (exact) mass is 265 g/mol. The molecule has 0 saturated carbocycles. The fraction of sp³-hybridized carbons (Fsp3) is 0.500. The van der Waals surface area contributed by atoms with Crippen LogP contribution in [0.2, 0.25) is 0 Å². The first-order valence-electron chi connectivity index (χ1n) is 5.53. The van der Waals surface area contributed by atoms with Gasteiger partial charge in [-0.3, -0.25) is 0 Å². The van der Waals surface area contributed by atoms with Crippen LogP contribution in [0.4, 0.5) is 17.6 Å². The Morgan fingerprint density at radius 3 is 2.50 bits per heavy atom. The second-order valence-electron chi connectivity index (χ2n) is 4.03. The lowest BCUT2D eigenvalue weighted by Crippen LogP contribution is -2.17. The summed E-state index contributed by atoms with van der Waals surface area (Å²) in [5.74, 6) is -0.395. The quantitative estimate of drug-likeness (QED) is 0.825. The molecule has 1 rings (SSSR count). The minimum Gasteiger partial charge on any atom is -0.406 e. The number of hydrogen-bond acceptors (Lipinski definition) is 2. The van der Waals surface area contributed by atoms with Gasteiger partial charge in [0.1, 0.15) is 11.9 Å². The molecule has 1 unspecified atom stereocenters. The Bertz CT molecular complexity index is 392. The summed E-state index contributed by atoms with van der Waals surface area (Å²) < 4.78 is 53.7. The minimum absolute atomic E-state index is 0.183. The molecule has 0 aromatic heterocycles. The molecule has 1 aromatic rings. The predicted molar refractivity (Wildman–Crippen MR) is 60.0 cm³/mol. The predicted octanol–water partition coefficient (Wildman–Crippen LogP) is 3.64. The highest BCUT2D eigenvalue weighted by Crippen LogP contribution is 2.30. The van der Waals surface area contributed by atoms with E-state index >= 15 is 0 Å². The molecule has 1 atom stereocenters. The van der Waals surface area contributed by atoms with E-state index in [1.807, 2.05) is 0 Å². The molecule has 102 valence electrons. The smallest absolute Gasteiger partial charge is 0.406 e. The van der Waals surface area contributed by atoms with Gasteiger partial charge in [-0.2, -0.15) is 0 Å². The molecular formula is C12H15F4NO. The summed E-state index contributed by atoms with van der Waals surface area (Å²) in [4.78, 5) is 0. The highest BCUT2D eigenvalue weighted by atomic mass is 19.4. The van der Waals surface area contributed by atoms with Crippen molar-refractivity contribution in [1.82, 2.24) is 0 Å². The molecular weight excluding hydrogens is 250 g/mol. The van der Waals surface area contributed by atoms with Gasteiger partial charge in [-0.1, -0.05) is 6.07 Å². The van der Waals surface area contributed by atoms with Crippen molar-refractivity contribution in [2.75, 3.05) is 6.54 Å². The molecule has 0 spiro atoms. The van der Waals surface area contributed by atoms with Crippen LogP contribution < -0.4 is 10.5 Å². The van der Waals surface area contributed by atoms with Crippen LogP contribution in [-0.2, 0) is 0 Å². The molecule has 0 amide bonds. The van der Waals surface area contributed by atoms with Gasteiger partial charge in [-0.25, -0.2) is 4.39 Å². The first-order valence-corrected chi connectivity index (χ1v) is 5.53. The summed E-state index contributed by atoms with van der Waals surface area (Å²) >= 11 is 0. The molecule has 0 aliphatic carbocycles. The van der Waals surface area contributed by atoms with Crippen LogP contribution >= 0.6 is 0 Å². The number of ether oxygens (including phenoxy) is 1. The zero-order valence-corrected chi connectivity index (χ0v) is 9.93. The Hall–Kier alpha value is -1.30. The first kappa shape index (κ1) is 14.8. The lowest BCUT2D eigenvalue weighted by atomic mass is 10.0. The summed E-state index contributed by atoms with van der Waals surface area (Å²) in [5.41, 5.74) is 5.96. The van der Waals surface area contributed by atoms with Crippen LogP contribution in [0.3, 0.4) is 0 Å². The largest absolute Gasteiger partial charge is 0.573 e. The van der Waals surface area contributed by atoms with Crippen molar-refractivity contribution in [2.24, 2.45) is 5.73 Å². The van der Waals surface area contributed by atoms with Crippen molar-refractivity contribution in [1.29, 1.82) is 0 Å². The molecule has 0 radical (unpaired) electrons. The highest BCUT2D eigenvalue weighted by Gasteiger charge is 2.31. The Kier molecular flexibility index (Phi) is 4.95. The van der Waals surface area contributed by atoms with Gasteiger partial charge in [-0.15, -0.1) is 13.2 Å². The summed E-state index contributed by atoms with van der Waals surface area (Å²) in [6.07, 6.45) is -5.44. The maximum Gasteiger partial charge on any atom is 0.573 e. The summed E-state index contributed by atoms with van der Waals surface area (Å²) in [7, 11) is 0. The zero-order chi connectivity index (χ0) is 13.8. The molecule has 2 N–H and O–H groups in total. The lowest BCUT2D eigenvalue weighted by molar-refractivity contribution is -0.274. The van der Waals surface area contributed by atoms with Gasteiger partial charge in [0, 0.05) is 0 Å². The third-order valence-corrected chi connectivity index (χ3v) is 2.33. The van der Waals surface area contributed by atoms with E-state index in [1.54, 1.807) is 6.92 Å². The number of hydrogen-bond donors (Lipinski definition) is 1. The molecule has 0 saturated heterocycles. The number of alkyl halides is 4. The van der Waals surface area contributed by atoms with E-state index in [0.29, 0.717) is 18.5 Å². The van der Waals surface area contributed by atoms with E-state index in [9.17, 15) is 17.6 Å². The first-order chi connectivity index (χ1) is 8.31. The SMILES string of the molecule is Cc1cc(OC(F)(F)F)cc(C(F)CCCN)c1. The van der Waals surface area contributed by atoms with Crippen LogP contribution in [0.5, 0.6) is 5.75 Å². The average molecular weight is 265 g/mol. The highest BCUT2D eigenvalue weighted by molar-refractivity contribution is 5.35. The van der Waals surface area contributed by atoms with E-state index in [-0.39, 0.29) is 12.0 Å². The molecule has 18 heavy (non-hydrogen) atoms. The van der Waals surface area contributed by atoms with Gasteiger partial charge in [0.25, 0.3) is 0 Å². The van der Waals surface area contributed by atoms with Crippen molar-refractivity contribution in [2.45, 2.75) is 32.3 Å². The van der Waals surface area contributed by atoms with Crippen LogP contribution in [0, 0.1) is 6.92 Å². The Morgan fingerprint density at radius 2 is 1.94 bits per heavy atom. The molecule has 6 heteroatoms. The van der Waals surface area contributed by atoms with Gasteiger partial charge >= 0.3 is 6.36 Å². The van der Waals surface area contributed by atoms with Crippen LogP contribution in [-0.4, -0.2) is 12.9 Å². The van der Waals surface area contributed by atoms with E-state index in [0.717, 1.165) is 6.07 Å². The summed E-state index contributed by atoms with van der Waals surface area (Å²) in [6.45, 7) is 1.93. The maximum atomic E-state index is 13.7. The number of rotatable bonds is 5. The number of aryl methyl sites for hydroxylation is 1. The number of halogens is 4. The standard InChI is InChI=1S/C12H15F4NO/c1-8-5-9(11(13)3-2-4-17)7-10(6-8)18-12(14,15)16/h5-7,11H,2-4,17H2,1H3. The Labute approximate surface area is 103 Å². The van der Waals surface area contributed by atoms with Crippen LogP contribution in [0.1, 0.15) is 30.1 Å². The molecule has 0 bridgehead atoms. The molecule has 0 fully saturated rings. The fourth-order valence-corrected chi connectivity index (χ4v) is 1.61. The van der Waals surface area contributed by atoms with Crippen molar-refractivity contribution in [3.05, 3.63) is 29.3 Å². The van der Waals surface area contributed by atoms with Gasteiger partial charge in [0.2, 0.25) is 0 Å². The van der Waals surface area contributed by atoms with Gasteiger partial charge < -0.3 is 10.5 Å². The Balaban J connectivity index is 2.86. The van der Waals surface area contributed by atoms with Crippen molar-refractivity contribution >= 4 is 0 Å². The topological polar surface area (TPSA) is 35.2 Å². The fourth-order valence-electron chi connectivity index (χ4n) is 1.61. The van der Waals surface area contributed by atoms with Crippen molar-refractivity contribution in [3.8, 4) is 5.75 Å². The zero-order valence-electron chi connectivity index (χ0n) is 9.93. The lowest BCUT2D eigenvalue weighted by Gasteiger charge is -2.13. The van der Waals surface area contributed by atoms with Crippen LogP contribution in [0.25, 0.3) is 0 Å². The normalized spacial score (nSPS) is 13.4. The molecule has 0 aliphatic rings. The van der Waals surface area contributed by atoms with E-state index < -0.39 is 18.3 Å².